The van der Waals surface area contributed by atoms with Crippen LogP contribution in [0.25, 0.3) is 0 Å². The predicted molar refractivity (Wildman–Crippen MR) is 97.5 cm³/mol. The van der Waals surface area contributed by atoms with Gasteiger partial charge in [0.05, 0.1) is 34.3 Å². The first-order chi connectivity index (χ1) is 12.1. The van der Waals surface area contributed by atoms with E-state index in [-0.39, 0.29) is 28.5 Å². The maximum atomic E-state index is 11.5. The molecule has 6 heteroatoms. The highest BCUT2D eigenvalue weighted by molar-refractivity contribution is 6.33. The summed E-state index contributed by atoms with van der Waals surface area (Å²) in [4.78, 5) is 11.2. The Bertz CT molecular complexity index is 881. The Morgan fingerprint density at radius 2 is 2.08 bits per heavy atom. The van der Waals surface area contributed by atoms with Crippen LogP contribution in [-0.4, -0.2) is 12.0 Å². The number of rotatable bonds is 3. The highest BCUT2D eigenvalue weighted by Crippen LogP contribution is 2.55. The molecule has 0 saturated heterocycles. The van der Waals surface area contributed by atoms with Crippen molar-refractivity contribution in [3.05, 3.63) is 74.8 Å². The van der Waals surface area contributed by atoms with E-state index in [1.165, 1.54) is 6.07 Å². The van der Waals surface area contributed by atoms with Crippen molar-refractivity contribution >= 4 is 23.0 Å². The van der Waals surface area contributed by atoms with Crippen LogP contribution in [0.2, 0.25) is 5.02 Å². The topological polar surface area (TPSA) is 64.4 Å². The summed E-state index contributed by atoms with van der Waals surface area (Å²) in [6, 6.07) is 10.9. The summed E-state index contributed by atoms with van der Waals surface area (Å²) in [5, 5.41) is 15.5. The van der Waals surface area contributed by atoms with Crippen molar-refractivity contribution in [2.45, 2.75) is 18.4 Å². The van der Waals surface area contributed by atoms with E-state index in [0.29, 0.717) is 16.3 Å². The molecule has 0 amide bonds. The normalized spacial score (nSPS) is 23.5. The number of benzene rings is 2. The molecule has 0 bridgehead atoms. The second-order valence-corrected chi connectivity index (χ2v) is 6.74. The van der Waals surface area contributed by atoms with Crippen molar-refractivity contribution in [1.29, 1.82) is 0 Å². The average molecular weight is 357 g/mol. The van der Waals surface area contributed by atoms with Crippen LogP contribution in [0.4, 0.5) is 11.4 Å². The summed E-state index contributed by atoms with van der Waals surface area (Å²) in [5.41, 5.74) is 2.49. The van der Waals surface area contributed by atoms with Crippen molar-refractivity contribution in [2.24, 2.45) is 5.92 Å². The molecule has 1 heterocycles. The van der Waals surface area contributed by atoms with Gasteiger partial charge in [-0.1, -0.05) is 42.0 Å². The molecule has 2 aliphatic rings. The lowest BCUT2D eigenvalue weighted by Crippen LogP contribution is -2.30. The Morgan fingerprint density at radius 3 is 2.84 bits per heavy atom. The summed E-state index contributed by atoms with van der Waals surface area (Å²) < 4.78 is 5.53. The minimum atomic E-state index is -0.330. The SMILES string of the molecule is COc1ccccc1[C@@H]1Nc2c(Cl)ccc([N+](=O)[O-])c2[C@@H]2C=CC[C@H]21. The fourth-order valence-corrected chi connectivity index (χ4v) is 4.26. The zero-order valence-electron chi connectivity index (χ0n) is 13.6. The number of anilines is 1. The second-order valence-electron chi connectivity index (χ2n) is 6.33. The van der Waals surface area contributed by atoms with E-state index < -0.39 is 0 Å². The van der Waals surface area contributed by atoms with Gasteiger partial charge in [0.15, 0.2) is 0 Å². The zero-order valence-corrected chi connectivity index (χ0v) is 14.4. The van der Waals surface area contributed by atoms with Crippen LogP contribution in [0.3, 0.4) is 0 Å². The number of hydrogen-bond donors (Lipinski definition) is 1. The van der Waals surface area contributed by atoms with Gasteiger partial charge >= 0.3 is 0 Å². The fourth-order valence-electron chi connectivity index (χ4n) is 4.04. The van der Waals surface area contributed by atoms with Gasteiger partial charge in [-0.15, -0.1) is 0 Å². The van der Waals surface area contributed by atoms with Gasteiger partial charge in [0.1, 0.15) is 5.75 Å². The second kappa shape index (κ2) is 6.08. The lowest BCUT2D eigenvalue weighted by molar-refractivity contribution is -0.385. The van der Waals surface area contributed by atoms with Crippen LogP contribution in [0, 0.1) is 16.0 Å². The summed E-state index contributed by atoms with van der Waals surface area (Å²) >= 11 is 6.40. The largest absolute Gasteiger partial charge is 0.496 e. The Kier molecular flexibility index (Phi) is 3.88. The van der Waals surface area contributed by atoms with Crippen LogP contribution in [0.5, 0.6) is 5.75 Å². The van der Waals surface area contributed by atoms with E-state index in [1.54, 1.807) is 13.2 Å². The molecule has 3 atom stereocenters. The summed E-state index contributed by atoms with van der Waals surface area (Å²) in [6.07, 6.45) is 5.01. The lowest BCUT2D eigenvalue weighted by Gasteiger charge is -2.38. The van der Waals surface area contributed by atoms with Gasteiger partial charge in [0, 0.05) is 17.5 Å². The van der Waals surface area contributed by atoms with E-state index in [1.807, 2.05) is 24.3 Å². The van der Waals surface area contributed by atoms with Crippen LogP contribution >= 0.6 is 11.6 Å². The number of fused-ring (bicyclic) bond motifs is 3. The minimum absolute atomic E-state index is 0.0249. The average Bonchev–Trinajstić information content (AvgIpc) is 3.11. The van der Waals surface area contributed by atoms with E-state index in [4.69, 9.17) is 16.3 Å². The Balaban J connectivity index is 1.89. The van der Waals surface area contributed by atoms with E-state index in [2.05, 4.69) is 17.5 Å². The van der Waals surface area contributed by atoms with Crippen molar-refractivity contribution in [3.63, 3.8) is 0 Å². The number of nitrogens with zero attached hydrogens (tertiary/aromatic N) is 1. The van der Waals surface area contributed by atoms with Crippen LogP contribution in [0.1, 0.15) is 29.5 Å². The molecule has 1 aliphatic heterocycles. The van der Waals surface area contributed by atoms with Gasteiger partial charge in [-0.25, -0.2) is 0 Å². The molecular formula is C19H17ClN2O3. The number of allylic oxidation sites excluding steroid dienone is 2. The van der Waals surface area contributed by atoms with Crippen molar-refractivity contribution in [1.82, 2.24) is 0 Å². The number of methoxy groups -OCH3 is 1. The zero-order chi connectivity index (χ0) is 17.6. The first-order valence-electron chi connectivity index (χ1n) is 8.14. The monoisotopic (exact) mass is 356 g/mol. The number of hydrogen-bond acceptors (Lipinski definition) is 4. The predicted octanol–water partition coefficient (Wildman–Crippen LogP) is 5.08. The third-order valence-electron chi connectivity index (χ3n) is 5.12. The number of halogens is 1. The molecule has 5 nitrogen and oxygen atoms in total. The Hall–Kier alpha value is -2.53. The van der Waals surface area contributed by atoms with Gasteiger partial charge in [-0.2, -0.15) is 0 Å². The van der Waals surface area contributed by atoms with Gasteiger partial charge in [-0.05, 0) is 24.5 Å². The summed E-state index contributed by atoms with van der Waals surface area (Å²) in [7, 11) is 1.65. The maximum Gasteiger partial charge on any atom is 0.275 e. The quantitative estimate of drug-likeness (QED) is 0.473. The molecule has 128 valence electrons. The molecule has 2 aromatic carbocycles. The molecule has 1 N–H and O–H groups in total. The molecule has 2 aromatic rings. The molecule has 4 rings (SSSR count). The first-order valence-corrected chi connectivity index (χ1v) is 8.52. The molecule has 25 heavy (non-hydrogen) atoms. The van der Waals surface area contributed by atoms with Crippen LogP contribution in [-0.2, 0) is 0 Å². The lowest BCUT2D eigenvalue weighted by atomic mass is 9.76. The Morgan fingerprint density at radius 1 is 1.28 bits per heavy atom. The molecule has 0 unspecified atom stereocenters. The maximum absolute atomic E-state index is 11.5. The van der Waals surface area contributed by atoms with Gasteiger partial charge < -0.3 is 10.1 Å². The van der Waals surface area contributed by atoms with Crippen molar-refractivity contribution in [2.75, 3.05) is 12.4 Å². The minimum Gasteiger partial charge on any atom is -0.496 e. The summed E-state index contributed by atoms with van der Waals surface area (Å²) in [6.45, 7) is 0. The Labute approximate surface area is 150 Å². The smallest absolute Gasteiger partial charge is 0.275 e. The summed E-state index contributed by atoms with van der Waals surface area (Å²) in [5.74, 6) is 0.946. The number of ether oxygens (including phenoxy) is 1. The number of nitro groups is 1. The highest BCUT2D eigenvalue weighted by Gasteiger charge is 2.43. The van der Waals surface area contributed by atoms with Gasteiger partial charge in [0.2, 0.25) is 0 Å². The number of nitrogens with one attached hydrogen (secondary N) is 1. The standard InChI is InChI=1S/C19H17ClN2O3/c1-25-16-8-3-2-5-13(16)18-12-7-4-6-11(12)17-15(22(23)24)10-9-14(20)19(17)21-18/h2-6,8-12,18,21H,7H2,1H3/t11-,12-,18-/m1/s1. The van der Waals surface area contributed by atoms with Gasteiger partial charge in [0.25, 0.3) is 5.69 Å². The van der Waals surface area contributed by atoms with Gasteiger partial charge in [-0.3, -0.25) is 10.1 Å². The molecule has 0 fully saturated rings. The molecule has 1 aliphatic carbocycles. The highest BCUT2D eigenvalue weighted by atomic mass is 35.5. The molecule has 0 saturated carbocycles. The van der Waals surface area contributed by atoms with Crippen LogP contribution in [0.15, 0.2) is 48.6 Å². The molecule has 0 radical (unpaired) electrons. The van der Waals surface area contributed by atoms with E-state index >= 15 is 0 Å². The molecule has 0 aromatic heterocycles. The number of nitro benzene ring substituents is 1. The van der Waals surface area contributed by atoms with E-state index in [0.717, 1.165) is 17.7 Å². The van der Waals surface area contributed by atoms with E-state index in [9.17, 15) is 10.1 Å². The molecule has 0 spiro atoms. The number of para-hydroxylation sites is 1. The van der Waals surface area contributed by atoms with Crippen LogP contribution < -0.4 is 10.1 Å². The molecular weight excluding hydrogens is 340 g/mol. The van der Waals surface area contributed by atoms with Crippen molar-refractivity contribution < 1.29 is 9.66 Å². The fraction of sp³-hybridized carbons (Fsp3) is 0.263. The first kappa shape index (κ1) is 16.0. The third kappa shape index (κ3) is 2.46. The van der Waals surface area contributed by atoms with Crippen molar-refractivity contribution in [3.8, 4) is 5.75 Å². The third-order valence-corrected chi connectivity index (χ3v) is 5.43.